The van der Waals surface area contributed by atoms with Gasteiger partial charge in [-0.05, 0) is 92.6 Å². The van der Waals surface area contributed by atoms with Gasteiger partial charge < -0.3 is 9.47 Å². The van der Waals surface area contributed by atoms with Crippen LogP contribution in [-0.4, -0.2) is 28.6 Å². The fraction of sp³-hybridized carbons (Fsp3) is 0.267. The molecule has 7 heteroatoms. The molecule has 5 nitrogen and oxygen atoms in total. The minimum atomic E-state index is -0.0359. The summed E-state index contributed by atoms with van der Waals surface area (Å²) >= 11 is 7.38. The van der Waals surface area contributed by atoms with Crippen LogP contribution in [0.5, 0.6) is 11.5 Å². The molecule has 1 amide bonds. The number of carbonyl (C=O) groups excluding carboxylic acids is 1. The molecule has 37 heavy (non-hydrogen) atoms. The van der Waals surface area contributed by atoms with E-state index in [1.54, 1.807) is 4.90 Å². The summed E-state index contributed by atoms with van der Waals surface area (Å²) in [7, 11) is 0. The number of thioether (sulfide) groups is 1. The Morgan fingerprint density at radius 3 is 2.41 bits per heavy atom. The first kappa shape index (κ1) is 26.8. The lowest BCUT2D eigenvalue weighted by molar-refractivity contribution is -0.123. The number of amidine groups is 1. The van der Waals surface area contributed by atoms with Crippen molar-refractivity contribution in [1.82, 2.24) is 4.90 Å². The fourth-order valence-electron chi connectivity index (χ4n) is 3.76. The number of amides is 1. The van der Waals surface area contributed by atoms with E-state index in [-0.39, 0.29) is 11.9 Å². The number of benzene rings is 3. The van der Waals surface area contributed by atoms with Crippen LogP contribution in [-0.2, 0) is 11.4 Å². The summed E-state index contributed by atoms with van der Waals surface area (Å²) in [6, 6.07) is 21.3. The average Bonchev–Trinajstić information content (AvgIpc) is 3.19. The smallest absolute Gasteiger partial charge is 0.266 e. The number of nitrogens with zero attached hydrogens (tertiary/aromatic N) is 2. The Kier molecular flexibility index (Phi) is 8.95. The minimum Gasteiger partial charge on any atom is -0.490 e. The Morgan fingerprint density at radius 2 is 1.73 bits per heavy atom. The van der Waals surface area contributed by atoms with E-state index in [2.05, 4.69) is 6.92 Å². The van der Waals surface area contributed by atoms with Crippen LogP contribution < -0.4 is 9.47 Å². The molecule has 0 radical (unpaired) electrons. The summed E-state index contributed by atoms with van der Waals surface area (Å²) in [5, 5.41) is 1.39. The third-order valence-corrected chi connectivity index (χ3v) is 7.24. The van der Waals surface area contributed by atoms with Gasteiger partial charge in [-0.3, -0.25) is 9.69 Å². The second-order valence-corrected chi connectivity index (χ2v) is 10.3. The molecular weight excluding hydrogens is 504 g/mol. The highest BCUT2D eigenvalue weighted by atomic mass is 35.5. The zero-order valence-electron chi connectivity index (χ0n) is 21.5. The first-order chi connectivity index (χ1) is 17.9. The monoisotopic (exact) mass is 534 g/mol. The van der Waals surface area contributed by atoms with E-state index in [0.717, 1.165) is 23.2 Å². The maximum absolute atomic E-state index is 13.4. The van der Waals surface area contributed by atoms with Gasteiger partial charge in [-0.15, -0.1) is 0 Å². The second-order valence-electron chi connectivity index (χ2n) is 8.83. The molecule has 0 saturated carbocycles. The van der Waals surface area contributed by atoms with Gasteiger partial charge in [-0.2, -0.15) is 0 Å². The lowest BCUT2D eigenvalue weighted by atomic mass is 10.1. The Labute approximate surface area is 228 Å². The van der Waals surface area contributed by atoms with Crippen LogP contribution in [0.15, 0.2) is 76.6 Å². The molecule has 3 aromatic rings. The highest BCUT2D eigenvalue weighted by Crippen LogP contribution is 2.37. The van der Waals surface area contributed by atoms with E-state index in [0.29, 0.717) is 39.8 Å². The highest BCUT2D eigenvalue weighted by molar-refractivity contribution is 8.18. The van der Waals surface area contributed by atoms with Crippen molar-refractivity contribution in [2.45, 2.75) is 46.8 Å². The predicted octanol–water partition coefficient (Wildman–Crippen LogP) is 8.03. The molecule has 0 bridgehead atoms. The normalized spacial score (nSPS) is 16.5. The Hall–Kier alpha value is -3.22. The van der Waals surface area contributed by atoms with Gasteiger partial charge in [0, 0.05) is 11.1 Å². The molecule has 3 aromatic carbocycles. The fourth-order valence-corrected chi connectivity index (χ4v) is 4.98. The Balaban J connectivity index is 1.59. The van der Waals surface area contributed by atoms with Gasteiger partial charge in [0.05, 0.1) is 17.2 Å². The van der Waals surface area contributed by atoms with E-state index in [1.807, 2.05) is 93.6 Å². The molecule has 192 valence electrons. The van der Waals surface area contributed by atoms with Crippen molar-refractivity contribution >= 4 is 46.2 Å². The summed E-state index contributed by atoms with van der Waals surface area (Å²) in [4.78, 5) is 20.6. The SMILES string of the molecule is CCOc1cc(/C=C2/SC(=Nc3ccc(C)cc3)N([C@@H](C)CC)C2=O)ccc1OCc1ccc(Cl)cc1. The van der Waals surface area contributed by atoms with Crippen molar-refractivity contribution < 1.29 is 14.3 Å². The molecule has 0 spiro atoms. The van der Waals surface area contributed by atoms with Crippen LogP contribution in [0.1, 0.15) is 43.9 Å². The van der Waals surface area contributed by atoms with Crippen molar-refractivity contribution in [3.63, 3.8) is 0 Å². The maximum Gasteiger partial charge on any atom is 0.266 e. The number of halogens is 1. The van der Waals surface area contributed by atoms with Gasteiger partial charge in [0.15, 0.2) is 16.7 Å². The molecule has 1 atom stereocenters. The molecular formula is C30H31ClN2O3S. The van der Waals surface area contributed by atoms with Gasteiger partial charge in [0.2, 0.25) is 0 Å². The van der Waals surface area contributed by atoms with Crippen molar-refractivity contribution in [3.8, 4) is 11.5 Å². The quantitative estimate of drug-likeness (QED) is 0.261. The van der Waals surface area contributed by atoms with Crippen LogP contribution in [0.2, 0.25) is 5.02 Å². The topological polar surface area (TPSA) is 51.1 Å². The van der Waals surface area contributed by atoms with Crippen molar-refractivity contribution in [2.24, 2.45) is 4.99 Å². The van der Waals surface area contributed by atoms with Gasteiger partial charge in [0.25, 0.3) is 5.91 Å². The number of aryl methyl sites for hydroxylation is 1. The van der Waals surface area contributed by atoms with Crippen molar-refractivity contribution in [1.29, 1.82) is 0 Å². The van der Waals surface area contributed by atoms with E-state index in [4.69, 9.17) is 26.1 Å². The van der Waals surface area contributed by atoms with Gasteiger partial charge >= 0.3 is 0 Å². The third kappa shape index (κ3) is 6.76. The zero-order chi connectivity index (χ0) is 26.4. The Bertz CT molecular complexity index is 1300. The van der Waals surface area contributed by atoms with Gasteiger partial charge in [-0.1, -0.05) is 54.4 Å². The van der Waals surface area contributed by atoms with E-state index in [9.17, 15) is 4.79 Å². The molecule has 1 heterocycles. The number of hydrogen-bond donors (Lipinski definition) is 0. The van der Waals surface area contributed by atoms with Crippen LogP contribution in [0, 0.1) is 6.92 Å². The summed E-state index contributed by atoms with van der Waals surface area (Å²) in [5.41, 5.74) is 3.87. The van der Waals surface area contributed by atoms with Crippen LogP contribution in [0.4, 0.5) is 5.69 Å². The minimum absolute atomic E-state index is 0.0359. The summed E-state index contributed by atoms with van der Waals surface area (Å²) < 4.78 is 11.9. The lowest BCUT2D eigenvalue weighted by Crippen LogP contribution is -2.36. The second kappa shape index (κ2) is 12.3. The number of aliphatic imine (C=N–C) groups is 1. The molecule has 0 aromatic heterocycles. The molecule has 1 saturated heterocycles. The maximum atomic E-state index is 13.4. The largest absolute Gasteiger partial charge is 0.490 e. The summed E-state index contributed by atoms with van der Waals surface area (Å²) in [6.45, 7) is 9.00. The van der Waals surface area contributed by atoms with E-state index >= 15 is 0 Å². The average molecular weight is 535 g/mol. The molecule has 1 fully saturated rings. The molecule has 0 aliphatic carbocycles. The summed E-state index contributed by atoms with van der Waals surface area (Å²) in [5.74, 6) is 1.24. The predicted molar refractivity (Wildman–Crippen MR) is 154 cm³/mol. The first-order valence-electron chi connectivity index (χ1n) is 12.4. The third-order valence-electron chi connectivity index (χ3n) is 6.00. The number of ether oxygens (including phenoxy) is 2. The molecule has 1 aliphatic rings. The lowest BCUT2D eigenvalue weighted by Gasteiger charge is -2.22. The first-order valence-corrected chi connectivity index (χ1v) is 13.6. The standard InChI is InChI=1S/C30H31ClN2O3S/c1-5-21(4)33-29(34)28(37-30(33)32-25-14-7-20(3)8-15-25)18-23-11-16-26(27(17-23)35-6-2)36-19-22-9-12-24(31)13-10-22/h7-18,21H,5-6,19H2,1-4H3/b28-18+,32-30?/t21-/m0/s1. The van der Waals surface area contributed by atoms with Gasteiger partial charge in [-0.25, -0.2) is 4.99 Å². The number of rotatable bonds is 9. The van der Waals surface area contributed by atoms with Crippen LogP contribution >= 0.6 is 23.4 Å². The van der Waals surface area contributed by atoms with Crippen molar-refractivity contribution in [3.05, 3.63) is 93.3 Å². The van der Waals surface area contributed by atoms with E-state index < -0.39 is 0 Å². The molecule has 1 aliphatic heterocycles. The van der Waals surface area contributed by atoms with Gasteiger partial charge in [0.1, 0.15) is 6.61 Å². The summed E-state index contributed by atoms with van der Waals surface area (Å²) in [6.07, 6.45) is 2.73. The molecule has 4 rings (SSSR count). The van der Waals surface area contributed by atoms with Crippen LogP contribution in [0.25, 0.3) is 6.08 Å². The zero-order valence-corrected chi connectivity index (χ0v) is 23.1. The Morgan fingerprint density at radius 1 is 1.00 bits per heavy atom. The highest BCUT2D eigenvalue weighted by Gasteiger charge is 2.36. The molecule has 0 unspecified atom stereocenters. The van der Waals surface area contributed by atoms with E-state index in [1.165, 1.54) is 17.3 Å². The number of hydrogen-bond acceptors (Lipinski definition) is 5. The van der Waals surface area contributed by atoms with Crippen molar-refractivity contribution in [2.75, 3.05) is 6.61 Å². The molecule has 0 N–H and O–H groups in total. The number of carbonyl (C=O) groups is 1. The van der Waals surface area contributed by atoms with Crippen LogP contribution in [0.3, 0.4) is 0 Å².